The molecule has 1 amide bonds. The van der Waals surface area contributed by atoms with E-state index in [0.29, 0.717) is 5.82 Å². The van der Waals surface area contributed by atoms with E-state index in [1.807, 2.05) is 0 Å². The SMILES string of the molecule is CC(C)(C)c1cc(NC(=O)c2ncn[nH]2)n[nH]1. The first-order chi connectivity index (χ1) is 7.97. The van der Waals surface area contributed by atoms with Crippen LogP contribution in [0.5, 0.6) is 0 Å². The van der Waals surface area contributed by atoms with Crippen LogP contribution in [0.4, 0.5) is 5.82 Å². The fraction of sp³-hybridized carbons (Fsp3) is 0.400. The Morgan fingerprint density at radius 3 is 2.65 bits per heavy atom. The van der Waals surface area contributed by atoms with Gasteiger partial charge >= 0.3 is 0 Å². The monoisotopic (exact) mass is 234 g/mol. The number of H-pyrrole nitrogens is 2. The molecular weight excluding hydrogens is 220 g/mol. The number of carbonyl (C=O) groups excluding carboxylic acids is 1. The predicted octanol–water partition coefficient (Wildman–Crippen LogP) is 1.08. The number of anilines is 1. The Labute approximate surface area is 98.0 Å². The summed E-state index contributed by atoms with van der Waals surface area (Å²) in [5.41, 5.74) is 0.910. The third-order valence-corrected chi connectivity index (χ3v) is 2.26. The number of amides is 1. The third-order valence-electron chi connectivity index (χ3n) is 2.26. The zero-order valence-electron chi connectivity index (χ0n) is 9.90. The Morgan fingerprint density at radius 2 is 2.12 bits per heavy atom. The number of hydrogen-bond donors (Lipinski definition) is 3. The van der Waals surface area contributed by atoms with Crippen LogP contribution in [-0.2, 0) is 5.41 Å². The van der Waals surface area contributed by atoms with E-state index in [-0.39, 0.29) is 17.1 Å². The number of hydrogen-bond acceptors (Lipinski definition) is 4. The van der Waals surface area contributed by atoms with Gasteiger partial charge in [0.15, 0.2) is 5.82 Å². The van der Waals surface area contributed by atoms with E-state index in [1.165, 1.54) is 6.33 Å². The highest BCUT2D eigenvalue weighted by Crippen LogP contribution is 2.21. The zero-order valence-corrected chi connectivity index (χ0v) is 9.90. The Morgan fingerprint density at radius 1 is 1.35 bits per heavy atom. The molecule has 2 aromatic heterocycles. The second-order valence-corrected chi connectivity index (χ2v) is 4.71. The van der Waals surface area contributed by atoms with Crippen molar-refractivity contribution in [1.82, 2.24) is 25.4 Å². The molecule has 0 aliphatic rings. The van der Waals surface area contributed by atoms with Crippen LogP contribution in [0, 0.1) is 0 Å². The second kappa shape index (κ2) is 4.00. The van der Waals surface area contributed by atoms with Crippen molar-refractivity contribution in [3.63, 3.8) is 0 Å². The smallest absolute Gasteiger partial charge is 0.294 e. The standard InChI is InChI=1S/C10H14N6O/c1-10(2,3)6-4-7(15-14-6)13-9(17)8-11-5-12-16-8/h4-5H,1-3H3,(H,11,12,16)(H2,13,14,15,17). The van der Waals surface area contributed by atoms with E-state index in [4.69, 9.17) is 0 Å². The summed E-state index contributed by atoms with van der Waals surface area (Å²) in [6.07, 6.45) is 1.28. The Kier molecular flexibility index (Phi) is 2.66. The molecule has 0 saturated carbocycles. The van der Waals surface area contributed by atoms with Gasteiger partial charge < -0.3 is 5.32 Å². The molecule has 0 saturated heterocycles. The van der Waals surface area contributed by atoms with Gasteiger partial charge in [0.2, 0.25) is 5.82 Å². The van der Waals surface area contributed by atoms with Crippen LogP contribution in [0.15, 0.2) is 12.4 Å². The van der Waals surface area contributed by atoms with Crippen molar-refractivity contribution in [2.24, 2.45) is 0 Å². The molecule has 17 heavy (non-hydrogen) atoms. The van der Waals surface area contributed by atoms with Gasteiger partial charge in [0.1, 0.15) is 6.33 Å². The molecule has 2 heterocycles. The van der Waals surface area contributed by atoms with Gasteiger partial charge in [-0.2, -0.15) is 10.2 Å². The molecule has 2 rings (SSSR count). The van der Waals surface area contributed by atoms with E-state index >= 15 is 0 Å². The molecule has 0 spiro atoms. The van der Waals surface area contributed by atoms with Gasteiger partial charge in [-0.1, -0.05) is 20.8 Å². The maximum absolute atomic E-state index is 11.6. The van der Waals surface area contributed by atoms with Crippen molar-refractivity contribution in [3.05, 3.63) is 23.9 Å². The van der Waals surface area contributed by atoms with E-state index < -0.39 is 0 Å². The normalized spacial score (nSPS) is 11.5. The van der Waals surface area contributed by atoms with Gasteiger partial charge in [0.05, 0.1) is 0 Å². The second-order valence-electron chi connectivity index (χ2n) is 4.71. The van der Waals surface area contributed by atoms with Crippen molar-refractivity contribution in [2.75, 3.05) is 5.32 Å². The van der Waals surface area contributed by atoms with Crippen LogP contribution >= 0.6 is 0 Å². The van der Waals surface area contributed by atoms with E-state index in [1.54, 1.807) is 6.07 Å². The minimum Gasteiger partial charge on any atom is -0.302 e. The quantitative estimate of drug-likeness (QED) is 0.723. The highest BCUT2D eigenvalue weighted by molar-refractivity contribution is 6.00. The van der Waals surface area contributed by atoms with Crippen LogP contribution in [0.3, 0.4) is 0 Å². The molecule has 7 nitrogen and oxygen atoms in total. The lowest BCUT2D eigenvalue weighted by molar-refractivity contribution is 0.101. The van der Waals surface area contributed by atoms with Gasteiger partial charge in [-0.25, -0.2) is 4.98 Å². The number of nitrogens with zero attached hydrogens (tertiary/aromatic N) is 3. The van der Waals surface area contributed by atoms with E-state index in [0.717, 1.165) is 5.69 Å². The maximum Gasteiger partial charge on any atom is 0.294 e. The van der Waals surface area contributed by atoms with Crippen molar-refractivity contribution in [2.45, 2.75) is 26.2 Å². The predicted molar refractivity (Wildman–Crippen MR) is 61.6 cm³/mol. The van der Waals surface area contributed by atoms with Gasteiger partial charge in [-0.3, -0.25) is 15.0 Å². The summed E-state index contributed by atoms with van der Waals surface area (Å²) < 4.78 is 0. The first kappa shape index (κ1) is 11.3. The van der Waals surface area contributed by atoms with Crippen molar-refractivity contribution < 1.29 is 4.79 Å². The lowest BCUT2D eigenvalue weighted by Gasteiger charge is -2.14. The van der Waals surface area contributed by atoms with Gasteiger partial charge in [-0.15, -0.1) is 0 Å². The molecule has 0 aliphatic heterocycles. The summed E-state index contributed by atoms with van der Waals surface area (Å²) in [7, 11) is 0. The summed E-state index contributed by atoms with van der Waals surface area (Å²) >= 11 is 0. The van der Waals surface area contributed by atoms with Crippen molar-refractivity contribution in [1.29, 1.82) is 0 Å². The molecule has 2 aromatic rings. The highest BCUT2D eigenvalue weighted by Gasteiger charge is 2.18. The topological polar surface area (TPSA) is 99.3 Å². The number of nitrogens with one attached hydrogen (secondary N) is 3. The van der Waals surface area contributed by atoms with Crippen LogP contribution in [0.2, 0.25) is 0 Å². The molecule has 0 bridgehead atoms. The number of aromatic nitrogens is 5. The van der Waals surface area contributed by atoms with Crippen LogP contribution < -0.4 is 5.32 Å². The molecule has 0 radical (unpaired) electrons. The molecule has 3 N–H and O–H groups in total. The Bertz CT molecular complexity index is 507. The fourth-order valence-corrected chi connectivity index (χ4v) is 1.26. The maximum atomic E-state index is 11.6. The Balaban J connectivity index is 2.10. The molecule has 0 unspecified atom stereocenters. The van der Waals surface area contributed by atoms with Crippen molar-refractivity contribution in [3.8, 4) is 0 Å². The average molecular weight is 234 g/mol. The molecule has 0 atom stereocenters. The molecule has 0 aliphatic carbocycles. The zero-order chi connectivity index (χ0) is 12.5. The highest BCUT2D eigenvalue weighted by atomic mass is 16.2. The summed E-state index contributed by atoms with van der Waals surface area (Å²) in [5.74, 6) is 0.260. The minimum absolute atomic E-state index is 0.0395. The average Bonchev–Trinajstić information content (AvgIpc) is 2.85. The van der Waals surface area contributed by atoms with Crippen molar-refractivity contribution >= 4 is 11.7 Å². The van der Waals surface area contributed by atoms with Crippen LogP contribution in [0.1, 0.15) is 37.1 Å². The van der Waals surface area contributed by atoms with Crippen LogP contribution in [-0.4, -0.2) is 31.3 Å². The number of rotatable bonds is 2. The summed E-state index contributed by atoms with van der Waals surface area (Å²) in [5, 5.41) is 15.6. The molecule has 7 heteroatoms. The lowest BCUT2D eigenvalue weighted by Crippen LogP contribution is -2.14. The van der Waals surface area contributed by atoms with E-state index in [9.17, 15) is 4.79 Å². The molecule has 0 fully saturated rings. The number of aromatic amines is 2. The molecule has 0 aromatic carbocycles. The van der Waals surface area contributed by atoms with Gasteiger partial charge in [0.25, 0.3) is 5.91 Å². The third kappa shape index (κ3) is 2.49. The minimum atomic E-state index is -0.366. The van der Waals surface area contributed by atoms with Gasteiger partial charge in [-0.05, 0) is 0 Å². The summed E-state index contributed by atoms with van der Waals surface area (Å²) in [6, 6.07) is 1.80. The number of carbonyl (C=O) groups is 1. The fourth-order valence-electron chi connectivity index (χ4n) is 1.26. The molecular formula is C10H14N6O. The van der Waals surface area contributed by atoms with Gasteiger partial charge in [0, 0.05) is 17.2 Å². The first-order valence-electron chi connectivity index (χ1n) is 5.19. The first-order valence-corrected chi connectivity index (χ1v) is 5.19. The van der Waals surface area contributed by atoms with Crippen LogP contribution in [0.25, 0.3) is 0 Å². The summed E-state index contributed by atoms with van der Waals surface area (Å²) in [6.45, 7) is 6.17. The summed E-state index contributed by atoms with van der Waals surface area (Å²) in [4.78, 5) is 15.4. The van der Waals surface area contributed by atoms with E-state index in [2.05, 4.69) is 51.5 Å². The Hall–Kier alpha value is -2.18. The largest absolute Gasteiger partial charge is 0.302 e. The molecule has 90 valence electrons. The lowest BCUT2D eigenvalue weighted by atomic mass is 9.92.